The van der Waals surface area contributed by atoms with Crippen LogP contribution in [0.4, 0.5) is 0 Å². The van der Waals surface area contributed by atoms with Crippen LogP contribution in [0.5, 0.6) is 11.5 Å². The highest BCUT2D eigenvalue weighted by molar-refractivity contribution is 7.89. The summed E-state index contributed by atoms with van der Waals surface area (Å²) in [6.45, 7) is 5.19. The van der Waals surface area contributed by atoms with Gasteiger partial charge in [0.05, 0.1) is 23.6 Å². The van der Waals surface area contributed by atoms with Crippen molar-refractivity contribution in [2.75, 3.05) is 39.9 Å². The van der Waals surface area contributed by atoms with Gasteiger partial charge in [-0.1, -0.05) is 29.3 Å². The Labute approximate surface area is 182 Å². The number of hydrogen-bond donors (Lipinski definition) is 0. The van der Waals surface area contributed by atoms with Crippen LogP contribution >= 0.6 is 11.6 Å². The number of nitrogens with zero attached hydrogens (tertiary/aromatic N) is 2. The van der Waals surface area contributed by atoms with Gasteiger partial charge in [0.15, 0.2) is 11.5 Å². The van der Waals surface area contributed by atoms with Crippen LogP contribution in [0, 0.1) is 6.92 Å². The van der Waals surface area contributed by atoms with Crippen molar-refractivity contribution >= 4 is 27.5 Å². The minimum Gasteiger partial charge on any atom is -0.493 e. The summed E-state index contributed by atoms with van der Waals surface area (Å²) in [6, 6.07) is 9.90. The van der Waals surface area contributed by atoms with Crippen molar-refractivity contribution in [1.82, 2.24) is 9.21 Å². The molecule has 1 fully saturated rings. The maximum Gasteiger partial charge on any atom is 0.254 e. The van der Waals surface area contributed by atoms with Crippen LogP contribution in [0.1, 0.15) is 22.8 Å². The Morgan fingerprint density at radius 1 is 1.10 bits per heavy atom. The zero-order valence-corrected chi connectivity index (χ0v) is 18.8. The number of amides is 1. The second-order valence-electron chi connectivity index (χ2n) is 6.93. The van der Waals surface area contributed by atoms with Crippen molar-refractivity contribution in [3.8, 4) is 11.5 Å². The number of hydrogen-bond acceptors (Lipinski definition) is 5. The largest absolute Gasteiger partial charge is 0.493 e. The van der Waals surface area contributed by atoms with Gasteiger partial charge in [-0.2, -0.15) is 4.31 Å². The van der Waals surface area contributed by atoms with Gasteiger partial charge in [0.25, 0.3) is 5.91 Å². The van der Waals surface area contributed by atoms with Crippen LogP contribution in [0.25, 0.3) is 0 Å². The maximum atomic E-state index is 13.0. The van der Waals surface area contributed by atoms with Gasteiger partial charge in [-0.3, -0.25) is 4.79 Å². The Bertz CT molecular complexity index is 1020. The standard InChI is InChI=1S/C21H25ClN2O5S/c1-4-29-20-18(22)13-16(14-19(20)28-3)21(25)23-9-11-24(12-10-23)30(26,27)17-7-5-15(2)6-8-17/h5-8,13-14H,4,9-12H2,1-3H3. The van der Waals surface area contributed by atoms with Crippen LogP contribution in [-0.2, 0) is 10.0 Å². The van der Waals surface area contributed by atoms with Crippen molar-refractivity contribution in [2.45, 2.75) is 18.7 Å². The van der Waals surface area contributed by atoms with Gasteiger partial charge in [0, 0.05) is 31.7 Å². The van der Waals surface area contributed by atoms with E-state index >= 15 is 0 Å². The first-order valence-corrected chi connectivity index (χ1v) is 11.5. The van der Waals surface area contributed by atoms with E-state index in [0.717, 1.165) is 5.56 Å². The molecule has 0 aliphatic carbocycles. The van der Waals surface area contributed by atoms with Crippen LogP contribution < -0.4 is 9.47 Å². The van der Waals surface area contributed by atoms with Gasteiger partial charge in [-0.15, -0.1) is 0 Å². The van der Waals surface area contributed by atoms with Gasteiger partial charge < -0.3 is 14.4 Å². The smallest absolute Gasteiger partial charge is 0.254 e. The lowest BCUT2D eigenvalue weighted by atomic mass is 10.1. The molecule has 0 atom stereocenters. The third-order valence-corrected chi connectivity index (χ3v) is 7.14. The number of piperazine rings is 1. The molecule has 9 heteroatoms. The number of rotatable bonds is 6. The molecule has 3 rings (SSSR count). The molecule has 0 spiro atoms. The van der Waals surface area contributed by atoms with E-state index in [4.69, 9.17) is 21.1 Å². The van der Waals surface area contributed by atoms with Gasteiger partial charge in [0.1, 0.15) is 0 Å². The zero-order valence-electron chi connectivity index (χ0n) is 17.2. The average molecular weight is 453 g/mol. The molecule has 1 heterocycles. The van der Waals surface area contributed by atoms with Crippen LogP contribution in [0.2, 0.25) is 5.02 Å². The van der Waals surface area contributed by atoms with Gasteiger partial charge in [-0.05, 0) is 38.1 Å². The van der Waals surface area contributed by atoms with Crippen LogP contribution in [0.3, 0.4) is 0 Å². The number of carbonyl (C=O) groups excluding carboxylic acids is 1. The Hall–Kier alpha value is -2.29. The maximum absolute atomic E-state index is 13.0. The molecule has 0 N–H and O–H groups in total. The summed E-state index contributed by atoms with van der Waals surface area (Å²) in [7, 11) is -2.10. The molecule has 0 aromatic heterocycles. The minimum atomic E-state index is -3.58. The molecule has 30 heavy (non-hydrogen) atoms. The minimum absolute atomic E-state index is 0.226. The van der Waals surface area contributed by atoms with Gasteiger partial charge in [-0.25, -0.2) is 8.42 Å². The summed E-state index contributed by atoms with van der Waals surface area (Å²) >= 11 is 6.27. The number of methoxy groups -OCH3 is 1. The quantitative estimate of drug-likeness (QED) is 0.672. The molecule has 7 nitrogen and oxygen atoms in total. The average Bonchev–Trinajstić information content (AvgIpc) is 2.75. The highest BCUT2D eigenvalue weighted by Gasteiger charge is 2.31. The Morgan fingerprint density at radius 3 is 2.30 bits per heavy atom. The fourth-order valence-electron chi connectivity index (χ4n) is 3.30. The molecule has 0 saturated carbocycles. The molecule has 0 radical (unpaired) electrons. The van der Waals surface area contributed by atoms with Gasteiger partial charge >= 0.3 is 0 Å². The van der Waals surface area contributed by atoms with E-state index in [1.807, 2.05) is 13.8 Å². The summed E-state index contributed by atoms with van der Waals surface area (Å²) in [4.78, 5) is 14.8. The molecule has 162 valence electrons. The molecular formula is C21H25ClN2O5S. The van der Waals surface area contributed by atoms with Crippen molar-refractivity contribution < 1.29 is 22.7 Å². The molecule has 0 bridgehead atoms. The molecule has 1 aliphatic rings. The van der Waals surface area contributed by atoms with E-state index in [1.165, 1.54) is 11.4 Å². The molecule has 1 saturated heterocycles. The van der Waals surface area contributed by atoms with Crippen LogP contribution in [0.15, 0.2) is 41.3 Å². The molecule has 0 unspecified atom stereocenters. The number of sulfonamides is 1. The number of ether oxygens (including phenoxy) is 2. The lowest BCUT2D eigenvalue weighted by molar-refractivity contribution is 0.0697. The van der Waals surface area contributed by atoms with Crippen LogP contribution in [-0.4, -0.2) is 63.4 Å². The molecule has 2 aromatic carbocycles. The summed E-state index contributed by atoms with van der Waals surface area (Å²) in [6.07, 6.45) is 0. The van der Waals surface area contributed by atoms with E-state index in [0.29, 0.717) is 28.7 Å². The van der Waals surface area contributed by atoms with Crippen molar-refractivity contribution in [1.29, 1.82) is 0 Å². The van der Waals surface area contributed by atoms with E-state index in [1.54, 1.807) is 41.3 Å². The summed E-state index contributed by atoms with van der Waals surface area (Å²) in [5, 5.41) is 0.292. The highest BCUT2D eigenvalue weighted by Crippen LogP contribution is 2.36. The second kappa shape index (κ2) is 9.24. The fourth-order valence-corrected chi connectivity index (χ4v) is 4.99. The lowest BCUT2D eigenvalue weighted by Gasteiger charge is -2.34. The van der Waals surface area contributed by atoms with E-state index in [9.17, 15) is 13.2 Å². The zero-order chi connectivity index (χ0) is 21.9. The third-order valence-electron chi connectivity index (χ3n) is 4.95. The Balaban J connectivity index is 1.72. The third kappa shape index (κ3) is 4.55. The number of aryl methyl sites for hydroxylation is 1. The van der Waals surface area contributed by atoms with Crippen molar-refractivity contribution in [2.24, 2.45) is 0 Å². The van der Waals surface area contributed by atoms with Crippen molar-refractivity contribution in [3.63, 3.8) is 0 Å². The lowest BCUT2D eigenvalue weighted by Crippen LogP contribution is -2.50. The SMILES string of the molecule is CCOc1c(Cl)cc(C(=O)N2CCN(S(=O)(=O)c3ccc(C)cc3)CC2)cc1OC. The molecule has 1 aliphatic heterocycles. The monoisotopic (exact) mass is 452 g/mol. The van der Waals surface area contributed by atoms with E-state index in [2.05, 4.69) is 0 Å². The Kier molecular flexibility index (Phi) is 6.90. The molecule has 2 aromatic rings. The first-order chi connectivity index (χ1) is 14.3. The fraction of sp³-hybridized carbons (Fsp3) is 0.381. The summed E-state index contributed by atoms with van der Waals surface area (Å²) in [5.74, 6) is 0.547. The predicted octanol–water partition coefficient (Wildman–Crippen LogP) is 3.20. The number of halogens is 1. The second-order valence-corrected chi connectivity index (χ2v) is 9.28. The highest BCUT2D eigenvalue weighted by atomic mass is 35.5. The topological polar surface area (TPSA) is 76.2 Å². The first kappa shape index (κ1) is 22.4. The van der Waals surface area contributed by atoms with Gasteiger partial charge in [0.2, 0.25) is 10.0 Å². The number of benzene rings is 2. The van der Waals surface area contributed by atoms with E-state index < -0.39 is 10.0 Å². The predicted molar refractivity (Wildman–Crippen MR) is 115 cm³/mol. The van der Waals surface area contributed by atoms with Crippen molar-refractivity contribution in [3.05, 3.63) is 52.5 Å². The summed E-state index contributed by atoms with van der Waals surface area (Å²) in [5.41, 5.74) is 1.36. The summed E-state index contributed by atoms with van der Waals surface area (Å²) < 4.78 is 37.9. The van der Waals surface area contributed by atoms with E-state index in [-0.39, 0.29) is 37.0 Å². The molecular weight excluding hydrogens is 428 g/mol. The Morgan fingerprint density at radius 2 is 1.73 bits per heavy atom. The molecule has 1 amide bonds. The normalized spacial score (nSPS) is 15.1. The first-order valence-electron chi connectivity index (χ1n) is 9.64. The number of carbonyl (C=O) groups is 1.